The molecule has 0 aliphatic rings. The van der Waals surface area contributed by atoms with Crippen LogP contribution in [0.4, 0.5) is 13.2 Å². The van der Waals surface area contributed by atoms with Gasteiger partial charge in [-0.05, 0) is 30.2 Å². The number of nitrogens with two attached hydrogens (primary N) is 1. The van der Waals surface area contributed by atoms with Gasteiger partial charge >= 0.3 is 6.36 Å². The van der Waals surface area contributed by atoms with Gasteiger partial charge in [0, 0.05) is 10.5 Å². The monoisotopic (exact) mass is 313 g/mol. The molecule has 0 amide bonds. The van der Waals surface area contributed by atoms with E-state index in [0.717, 1.165) is 0 Å². The molecule has 17 heavy (non-hydrogen) atoms. The molecule has 0 fully saturated rings. The fourth-order valence-electron chi connectivity index (χ4n) is 1.30. The zero-order chi connectivity index (χ0) is 13.1. The van der Waals surface area contributed by atoms with Gasteiger partial charge in [0.05, 0.1) is 6.61 Å². The first-order chi connectivity index (χ1) is 7.80. The molecule has 7 heteroatoms. The number of halogens is 4. The molecule has 0 saturated heterocycles. The molecule has 0 aliphatic carbocycles. The summed E-state index contributed by atoms with van der Waals surface area (Å²) in [5, 5.41) is 8.77. The van der Waals surface area contributed by atoms with E-state index >= 15 is 0 Å². The molecular formula is C10H11BrF3NO2. The van der Waals surface area contributed by atoms with E-state index in [1.54, 1.807) is 6.07 Å². The van der Waals surface area contributed by atoms with Crippen molar-refractivity contribution < 1.29 is 23.0 Å². The average molecular weight is 314 g/mol. The van der Waals surface area contributed by atoms with Crippen molar-refractivity contribution in [1.82, 2.24) is 0 Å². The third kappa shape index (κ3) is 5.38. The zero-order valence-electron chi connectivity index (χ0n) is 8.67. The maximum Gasteiger partial charge on any atom is 0.573 e. The van der Waals surface area contributed by atoms with E-state index in [4.69, 9.17) is 10.8 Å². The second-order valence-electron chi connectivity index (χ2n) is 3.49. The number of hydrogen-bond acceptors (Lipinski definition) is 3. The van der Waals surface area contributed by atoms with Crippen molar-refractivity contribution in [1.29, 1.82) is 0 Å². The summed E-state index contributed by atoms with van der Waals surface area (Å²) in [6.07, 6.45) is -4.46. The van der Waals surface area contributed by atoms with E-state index in [1.165, 1.54) is 12.1 Å². The molecule has 0 bridgehead atoms. The summed E-state index contributed by atoms with van der Waals surface area (Å²) in [4.78, 5) is 0. The molecule has 96 valence electrons. The Labute approximate surface area is 105 Å². The van der Waals surface area contributed by atoms with E-state index in [9.17, 15) is 13.2 Å². The molecule has 1 unspecified atom stereocenters. The molecule has 1 atom stereocenters. The highest BCUT2D eigenvalue weighted by atomic mass is 79.9. The predicted octanol–water partition coefficient (Wildman–Crippen LogP) is 2.21. The minimum atomic E-state index is -4.73. The molecule has 0 heterocycles. The van der Waals surface area contributed by atoms with Crippen LogP contribution in [-0.4, -0.2) is 24.1 Å². The Morgan fingerprint density at radius 1 is 1.35 bits per heavy atom. The van der Waals surface area contributed by atoms with Crippen LogP contribution in [0.3, 0.4) is 0 Å². The number of ether oxygens (including phenoxy) is 1. The van der Waals surface area contributed by atoms with Gasteiger partial charge in [-0.3, -0.25) is 0 Å². The fourth-order valence-corrected chi connectivity index (χ4v) is 1.82. The molecule has 1 rings (SSSR count). The van der Waals surface area contributed by atoms with Gasteiger partial charge in [-0.15, -0.1) is 13.2 Å². The van der Waals surface area contributed by atoms with Crippen LogP contribution >= 0.6 is 15.9 Å². The first-order valence-corrected chi connectivity index (χ1v) is 5.51. The lowest BCUT2D eigenvalue weighted by Crippen LogP contribution is -2.26. The number of alkyl halides is 3. The van der Waals surface area contributed by atoms with Crippen LogP contribution in [0, 0.1) is 0 Å². The molecule has 1 aromatic carbocycles. The van der Waals surface area contributed by atoms with Crippen molar-refractivity contribution in [2.24, 2.45) is 5.73 Å². The zero-order valence-corrected chi connectivity index (χ0v) is 10.3. The molecular weight excluding hydrogens is 303 g/mol. The number of hydrogen-bond donors (Lipinski definition) is 2. The Kier molecular flexibility index (Phi) is 4.79. The lowest BCUT2D eigenvalue weighted by Gasteiger charge is -2.12. The van der Waals surface area contributed by atoms with E-state index in [2.05, 4.69) is 20.7 Å². The molecule has 0 radical (unpaired) electrons. The van der Waals surface area contributed by atoms with E-state index in [-0.39, 0.29) is 18.8 Å². The smallest absolute Gasteiger partial charge is 0.406 e. The molecule has 3 nitrogen and oxygen atoms in total. The molecule has 3 N–H and O–H groups in total. The van der Waals surface area contributed by atoms with Gasteiger partial charge in [-0.25, -0.2) is 0 Å². The number of aliphatic hydroxyl groups excluding tert-OH is 1. The summed E-state index contributed by atoms with van der Waals surface area (Å²) < 4.78 is 40.4. The van der Waals surface area contributed by atoms with Crippen molar-refractivity contribution in [3.63, 3.8) is 0 Å². The minimum absolute atomic E-state index is 0.234. The summed E-state index contributed by atoms with van der Waals surface area (Å²) >= 11 is 3.08. The topological polar surface area (TPSA) is 55.5 Å². The lowest BCUT2D eigenvalue weighted by atomic mass is 10.1. The summed E-state index contributed by atoms with van der Waals surface area (Å²) in [6, 6.07) is 3.57. The second kappa shape index (κ2) is 5.70. The van der Waals surface area contributed by atoms with Gasteiger partial charge in [0.1, 0.15) is 5.75 Å². The van der Waals surface area contributed by atoms with Gasteiger partial charge in [0.25, 0.3) is 0 Å². The highest BCUT2D eigenvalue weighted by Gasteiger charge is 2.31. The van der Waals surface area contributed by atoms with Crippen molar-refractivity contribution in [2.75, 3.05) is 6.61 Å². The van der Waals surface area contributed by atoms with Gasteiger partial charge in [-0.2, -0.15) is 0 Å². The van der Waals surface area contributed by atoms with Crippen molar-refractivity contribution >= 4 is 15.9 Å². The van der Waals surface area contributed by atoms with Crippen LogP contribution in [0.25, 0.3) is 0 Å². The molecule has 0 spiro atoms. The largest absolute Gasteiger partial charge is 0.573 e. The standard InChI is InChI=1S/C10H11BrF3NO2/c11-7-1-6(2-8(15)5-16)3-9(4-7)17-10(12,13)14/h1,3-4,8,16H,2,5,15H2. The van der Waals surface area contributed by atoms with Gasteiger partial charge in [0.15, 0.2) is 0 Å². The van der Waals surface area contributed by atoms with Crippen LogP contribution in [0.15, 0.2) is 22.7 Å². The van der Waals surface area contributed by atoms with Crippen molar-refractivity contribution in [3.05, 3.63) is 28.2 Å². The van der Waals surface area contributed by atoms with Crippen LogP contribution in [0.1, 0.15) is 5.56 Å². The van der Waals surface area contributed by atoms with Crippen LogP contribution in [-0.2, 0) is 6.42 Å². The summed E-state index contributed by atoms with van der Waals surface area (Å²) in [5.74, 6) is -0.313. The van der Waals surface area contributed by atoms with Gasteiger partial charge in [-0.1, -0.05) is 15.9 Å². The lowest BCUT2D eigenvalue weighted by molar-refractivity contribution is -0.274. The molecule has 0 aromatic heterocycles. The van der Waals surface area contributed by atoms with E-state index < -0.39 is 12.4 Å². The number of aliphatic hydroxyl groups is 1. The summed E-state index contributed by atoms with van der Waals surface area (Å²) in [7, 11) is 0. The van der Waals surface area contributed by atoms with Crippen molar-refractivity contribution in [3.8, 4) is 5.75 Å². The summed E-state index contributed by atoms with van der Waals surface area (Å²) in [6.45, 7) is -0.234. The summed E-state index contributed by atoms with van der Waals surface area (Å²) in [5.41, 5.74) is 6.06. The number of rotatable bonds is 4. The molecule has 1 aromatic rings. The molecule has 0 aliphatic heterocycles. The quantitative estimate of drug-likeness (QED) is 0.896. The maximum atomic E-state index is 12.0. The Morgan fingerprint density at radius 3 is 2.53 bits per heavy atom. The third-order valence-corrected chi connectivity index (χ3v) is 2.35. The van der Waals surface area contributed by atoms with Gasteiger partial charge < -0.3 is 15.6 Å². The SMILES string of the molecule is NC(CO)Cc1cc(Br)cc(OC(F)(F)F)c1. The second-order valence-corrected chi connectivity index (χ2v) is 4.41. The molecule has 0 saturated carbocycles. The normalized spacial score (nSPS) is 13.5. The average Bonchev–Trinajstić information content (AvgIpc) is 2.13. The highest BCUT2D eigenvalue weighted by Crippen LogP contribution is 2.27. The number of benzene rings is 1. The Morgan fingerprint density at radius 2 is 2.00 bits per heavy atom. The Hall–Kier alpha value is -0.790. The van der Waals surface area contributed by atoms with Crippen molar-refractivity contribution in [2.45, 2.75) is 18.8 Å². The third-order valence-electron chi connectivity index (χ3n) is 1.90. The first kappa shape index (κ1) is 14.3. The minimum Gasteiger partial charge on any atom is -0.406 e. The van der Waals surface area contributed by atoms with Gasteiger partial charge in [0.2, 0.25) is 0 Å². The Bertz CT molecular complexity index is 384. The maximum absolute atomic E-state index is 12.0. The Balaban J connectivity index is 2.86. The van der Waals surface area contributed by atoms with E-state index in [1.807, 2.05) is 0 Å². The van der Waals surface area contributed by atoms with Crippen LogP contribution in [0.5, 0.6) is 5.75 Å². The fraction of sp³-hybridized carbons (Fsp3) is 0.400. The van der Waals surface area contributed by atoms with E-state index in [0.29, 0.717) is 10.0 Å². The van der Waals surface area contributed by atoms with Crippen LogP contribution < -0.4 is 10.5 Å². The highest BCUT2D eigenvalue weighted by molar-refractivity contribution is 9.10. The van der Waals surface area contributed by atoms with Crippen LogP contribution in [0.2, 0.25) is 0 Å². The first-order valence-electron chi connectivity index (χ1n) is 4.72. The predicted molar refractivity (Wildman–Crippen MR) is 59.6 cm³/mol.